The summed E-state index contributed by atoms with van der Waals surface area (Å²) in [6, 6.07) is 12.4. The molecule has 3 rings (SSSR count). The molecule has 3 aromatic rings. The molecule has 2 aromatic carbocycles. The van der Waals surface area contributed by atoms with E-state index in [9.17, 15) is 4.39 Å². The smallest absolute Gasteiger partial charge is 0.191 e. The van der Waals surface area contributed by atoms with Gasteiger partial charge in [-0.15, -0.1) is 16.8 Å². The van der Waals surface area contributed by atoms with Crippen molar-refractivity contribution < 1.29 is 9.13 Å². The highest BCUT2D eigenvalue weighted by Gasteiger charge is 2.13. The van der Waals surface area contributed by atoms with E-state index in [1.165, 1.54) is 23.8 Å². The molecule has 1 heterocycles. The number of thioether (sulfide) groups is 1. The lowest BCUT2D eigenvalue weighted by Gasteiger charge is -2.09. The van der Waals surface area contributed by atoms with Gasteiger partial charge in [-0.1, -0.05) is 57.5 Å². The lowest BCUT2D eigenvalue weighted by Crippen LogP contribution is -2.07. The maximum absolute atomic E-state index is 13.2. The largest absolute Gasteiger partial charge is 0.486 e. The van der Waals surface area contributed by atoms with E-state index >= 15 is 0 Å². The molecule has 27 heavy (non-hydrogen) atoms. The SMILES string of the molecule is C=CCn1c(COc2ccc(F)c(Cl)c2)nnc1SCc1ccc(Br)cc1. The first-order chi connectivity index (χ1) is 13.1. The molecule has 0 saturated heterocycles. The predicted molar refractivity (Wildman–Crippen MR) is 110 cm³/mol. The number of benzene rings is 2. The van der Waals surface area contributed by atoms with Crippen LogP contribution in [0.15, 0.2) is 64.7 Å². The van der Waals surface area contributed by atoms with Crippen molar-refractivity contribution in [2.75, 3.05) is 0 Å². The minimum absolute atomic E-state index is 0.0193. The van der Waals surface area contributed by atoms with Crippen LogP contribution in [0.25, 0.3) is 0 Å². The van der Waals surface area contributed by atoms with Crippen LogP contribution in [0.1, 0.15) is 11.4 Å². The maximum Gasteiger partial charge on any atom is 0.191 e. The highest BCUT2D eigenvalue weighted by atomic mass is 79.9. The van der Waals surface area contributed by atoms with E-state index in [-0.39, 0.29) is 11.6 Å². The van der Waals surface area contributed by atoms with Crippen molar-refractivity contribution in [3.63, 3.8) is 0 Å². The minimum atomic E-state index is -0.481. The molecule has 1 aromatic heterocycles. The lowest BCUT2D eigenvalue weighted by molar-refractivity contribution is 0.288. The summed E-state index contributed by atoms with van der Waals surface area (Å²) in [5, 5.41) is 9.29. The standard InChI is InChI=1S/C19H16BrClFN3OS/c1-2-9-25-18(11-26-15-7-8-17(22)16(21)10-15)23-24-19(25)27-12-13-3-5-14(20)6-4-13/h2-8,10H,1,9,11-12H2. The van der Waals surface area contributed by atoms with Gasteiger partial charge in [-0.2, -0.15) is 0 Å². The average molecular weight is 469 g/mol. The van der Waals surface area contributed by atoms with E-state index in [1.807, 2.05) is 16.7 Å². The van der Waals surface area contributed by atoms with E-state index in [0.717, 1.165) is 15.4 Å². The van der Waals surface area contributed by atoms with Gasteiger partial charge in [0.1, 0.15) is 18.2 Å². The Kier molecular flexibility index (Phi) is 6.93. The van der Waals surface area contributed by atoms with E-state index in [0.29, 0.717) is 18.1 Å². The van der Waals surface area contributed by atoms with Gasteiger partial charge in [-0.3, -0.25) is 4.57 Å². The van der Waals surface area contributed by atoms with Crippen molar-refractivity contribution in [2.24, 2.45) is 0 Å². The number of allylic oxidation sites excluding steroid dienone is 1. The van der Waals surface area contributed by atoms with Crippen LogP contribution >= 0.6 is 39.3 Å². The first kappa shape index (κ1) is 19.9. The average Bonchev–Trinajstić information content (AvgIpc) is 3.04. The number of aromatic nitrogens is 3. The Bertz CT molecular complexity index is 933. The molecular weight excluding hydrogens is 453 g/mol. The zero-order chi connectivity index (χ0) is 19.2. The Morgan fingerprint density at radius 2 is 2.00 bits per heavy atom. The molecule has 0 unspecified atom stereocenters. The quantitative estimate of drug-likeness (QED) is 0.305. The topological polar surface area (TPSA) is 39.9 Å². The lowest BCUT2D eigenvalue weighted by atomic mass is 10.2. The summed E-state index contributed by atoms with van der Waals surface area (Å²) in [4.78, 5) is 0. The summed E-state index contributed by atoms with van der Waals surface area (Å²) in [6.45, 7) is 4.56. The molecule has 140 valence electrons. The Labute approximate surface area is 174 Å². The summed E-state index contributed by atoms with van der Waals surface area (Å²) in [6.07, 6.45) is 1.78. The molecule has 8 heteroatoms. The third-order valence-corrected chi connectivity index (χ3v) is 5.50. The molecule has 0 bridgehead atoms. The summed E-state index contributed by atoms with van der Waals surface area (Å²) in [7, 11) is 0. The van der Waals surface area contributed by atoms with Crippen LogP contribution < -0.4 is 4.74 Å². The van der Waals surface area contributed by atoms with Crippen LogP contribution in [0.5, 0.6) is 5.75 Å². The fourth-order valence-corrected chi connectivity index (χ4v) is 3.65. The van der Waals surface area contributed by atoms with Crippen molar-refractivity contribution in [1.29, 1.82) is 0 Å². The van der Waals surface area contributed by atoms with Gasteiger partial charge in [0.05, 0.1) is 5.02 Å². The highest BCUT2D eigenvalue weighted by molar-refractivity contribution is 9.10. The van der Waals surface area contributed by atoms with Crippen LogP contribution in [0.3, 0.4) is 0 Å². The first-order valence-electron chi connectivity index (χ1n) is 8.05. The third-order valence-electron chi connectivity index (χ3n) is 3.65. The molecule has 0 amide bonds. The molecule has 0 N–H and O–H groups in total. The fourth-order valence-electron chi connectivity index (χ4n) is 2.29. The van der Waals surface area contributed by atoms with Crippen molar-refractivity contribution in [1.82, 2.24) is 14.8 Å². The predicted octanol–water partition coefficient (Wildman–Crippen LogP) is 5.89. The molecule has 0 aliphatic carbocycles. The Balaban J connectivity index is 1.69. The van der Waals surface area contributed by atoms with E-state index in [4.69, 9.17) is 16.3 Å². The van der Waals surface area contributed by atoms with Gasteiger partial charge in [0, 0.05) is 22.8 Å². The van der Waals surface area contributed by atoms with Crippen molar-refractivity contribution in [2.45, 2.75) is 24.1 Å². The highest BCUT2D eigenvalue weighted by Crippen LogP contribution is 2.25. The van der Waals surface area contributed by atoms with Crippen molar-refractivity contribution >= 4 is 39.3 Å². The number of hydrogen-bond donors (Lipinski definition) is 0. The molecule has 0 spiro atoms. The number of ether oxygens (including phenoxy) is 1. The zero-order valence-electron chi connectivity index (χ0n) is 14.2. The normalized spacial score (nSPS) is 10.8. The Morgan fingerprint density at radius 1 is 1.22 bits per heavy atom. The maximum atomic E-state index is 13.2. The number of nitrogens with zero attached hydrogens (tertiary/aromatic N) is 3. The fraction of sp³-hybridized carbons (Fsp3) is 0.158. The molecule has 0 aliphatic heterocycles. The van der Waals surface area contributed by atoms with Crippen LogP contribution in [0.2, 0.25) is 5.02 Å². The van der Waals surface area contributed by atoms with E-state index in [1.54, 1.807) is 17.8 Å². The van der Waals surface area contributed by atoms with Gasteiger partial charge in [0.2, 0.25) is 0 Å². The second-order valence-electron chi connectivity index (χ2n) is 5.58. The second kappa shape index (κ2) is 9.39. The molecular formula is C19H16BrClFN3OS. The Morgan fingerprint density at radius 3 is 2.70 bits per heavy atom. The van der Waals surface area contributed by atoms with Gasteiger partial charge in [-0.05, 0) is 29.8 Å². The van der Waals surface area contributed by atoms with Crippen LogP contribution in [-0.2, 0) is 18.9 Å². The van der Waals surface area contributed by atoms with Crippen molar-refractivity contribution in [3.05, 3.63) is 81.8 Å². The molecule has 0 fully saturated rings. The second-order valence-corrected chi connectivity index (χ2v) is 7.84. The van der Waals surface area contributed by atoms with Gasteiger partial charge in [-0.25, -0.2) is 4.39 Å². The van der Waals surface area contributed by atoms with Crippen LogP contribution in [0, 0.1) is 5.82 Å². The first-order valence-corrected chi connectivity index (χ1v) is 10.2. The minimum Gasteiger partial charge on any atom is -0.486 e. The molecule has 4 nitrogen and oxygen atoms in total. The Hall–Kier alpha value is -1.83. The number of hydrogen-bond acceptors (Lipinski definition) is 4. The summed E-state index contributed by atoms with van der Waals surface area (Å²) in [5.74, 6) is 1.43. The van der Waals surface area contributed by atoms with Gasteiger partial charge < -0.3 is 4.74 Å². The van der Waals surface area contributed by atoms with Crippen molar-refractivity contribution in [3.8, 4) is 5.75 Å². The third kappa shape index (κ3) is 5.34. The van der Waals surface area contributed by atoms with E-state index < -0.39 is 5.82 Å². The van der Waals surface area contributed by atoms with Crippen LogP contribution in [-0.4, -0.2) is 14.8 Å². The van der Waals surface area contributed by atoms with E-state index in [2.05, 4.69) is 44.8 Å². The summed E-state index contributed by atoms with van der Waals surface area (Å²) in [5.41, 5.74) is 1.19. The monoisotopic (exact) mass is 467 g/mol. The number of rotatable bonds is 8. The van der Waals surface area contributed by atoms with Gasteiger partial charge in [0.15, 0.2) is 11.0 Å². The summed E-state index contributed by atoms with van der Waals surface area (Å²) < 4.78 is 21.9. The molecule has 0 aliphatic rings. The molecule has 0 radical (unpaired) electrons. The van der Waals surface area contributed by atoms with Gasteiger partial charge >= 0.3 is 0 Å². The zero-order valence-corrected chi connectivity index (χ0v) is 17.4. The summed E-state index contributed by atoms with van der Waals surface area (Å²) >= 11 is 10.8. The number of halogens is 3. The molecule has 0 atom stereocenters. The molecule has 0 saturated carbocycles. The van der Waals surface area contributed by atoms with Crippen LogP contribution in [0.4, 0.5) is 4.39 Å². The van der Waals surface area contributed by atoms with Gasteiger partial charge in [0.25, 0.3) is 0 Å².